The number of thioether (sulfide) groups is 1. The van der Waals surface area contributed by atoms with E-state index in [4.69, 9.17) is 0 Å². The van der Waals surface area contributed by atoms with Gasteiger partial charge >= 0.3 is 0 Å². The van der Waals surface area contributed by atoms with Crippen molar-refractivity contribution in [3.8, 4) is 11.3 Å². The summed E-state index contributed by atoms with van der Waals surface area (Å²) in [4.78, 5) is 29.4. The number of aromatic nitrogens is 1. The smallest absolute Gasteiger partial charge is 0.257 e. The number of nitrogens with zero attached hydrogens (tertiary/aromatic N) is 1. The minimum atomic E-state index is -0.249. The molecule has 3 aromatic rings. The molecule has 7 heteroatoms. The van der Waals surface area contributed by atoms with Gasteiger partial charge in [-0.25, -0.2) is 4.98 Å². The Balaban J connectivity index is 1.52. The van der Waals surface area contributed by atoms with Crippen molar-refractivity contribution in [1.82, 2.24) is 4.98 Å². The van der Waals surface area contributed by atoms with E-state index < -0.39 is 0 Å². The van der Waals surface area contributed by atoms with Crippen molar-refractivity contribution in [1.29, 1.82) is 0 Å². The van der Waals surface area contributed by atoms with Crippen LogP contribution in [-0.4, -0.2) is 22.6 Å². The maximum absolute atomic E-state index is 12.5. The number of amides is 2. The average Bonchev–Trinajstić information content (AvgIpc) is 3.10. The number of anilines is 2. The van der Waals surface area contributed by atoms with Gasteiger partial charge in [0.05, 0.1) is 17.1 Å². The molecule has 0 atom stereocenters. The molecule has 2 N–H and O–H groups in total. The summed E-state index contributed by atoms with van der Waals surface area (Å²) in [6, 6.07) is 15.1. The zero-order valence-electron chi connectivity index (χ0n) is 13.0. The Morgan fingerprint density at radius 3 is 2.84 bits per heavy atom. The predicted octanol–water partition coefficient (Wildman–Crippen LogP) is 4.11. The molecule has 2 aromatic carbocycles. The summed E-state index contributed by atoms with van der Waals surface area (Å²) < 4.78 is 0. The molecule has 0 saturated carbocycles. The van der Waals surface area contributed by atoms with Crippen LogP contribution in [0.4, 0.5) is 10.8 Å². The Morgan fingerprint density at radius 2 is 2.00 bits per heavy atom. The third-order valence-electron chi connectivity index (χ3n) is 3.67. The normalized spacial score (nSPS) is 13.0. The highest BCUT2D eigenvalue weighted by molar-refractivity contribution is 8.00. The number of nitrogens with one attached hydrogen (secondary N) is 2. The zero-order valence-corrected chi connectivity index (χ0v) is 14.6. The third kappa shape index (κ3) is 3.42. The Hall–Kier alpha value is -2.64. The number of thiazole rings is 1. The van der Waals surface area contributed by atoms with Gasteiger partial charge in [-0.05, 0) is 18.2 Å². The van der Waals surface area contributed by atoms with Crippen molar-refractivity contribution in [3.05, 3.63) is 59.5 Å². The van der Waals surface area contributed by atoms with E-state index in [1.54, 1.807) is 12.1 Å². The quantitative estimate of drug-likeness (QED) is 0.731. The second kappa shape index (κ2) is 6.70. The summed E-state index contributed by atoms with van der Waals surface area (Å²) in [7, 11) is 0. The molecule has 2 amide bonds. The second-order valence-corrected chi connectivity index (χ2v) is 7.28. The Kier molecular flexibility index (Phi) is 4.25. The van der Waals surface area contributed by atoms with Gasteiger partial charge in [0.1, 0.15) is 0 Å². The fourth-order valence-electron chi connectivity index (χ4n) is 2.47. The van der Waals surface area contributed by atoms with E-state index in [2.05, 4.69) is 15.6 Å². The minimum absolute atomic E-state index is 0.0533. The second-order valence-electron chi connectivity index (χ2n) is 5.41. The van der Waals surface area contributed by atoms with Gasteiger partial charge in [-0.2, -0.15) is 0 Å². The van der Waals surface area contributed by atoms with Gasteiger partial charge in [0, 0.05) is 21.4 Å². The topological polar surface area (TPSA) is 71.1 Å². The number of hydrogen-bond acceptors (Lipinski definition) is 5. The summed E-state index contributed by atoms with van der Waals surface area (Å²) >= 11 is 2.85. The average molecular weight is 367 g/mol. The van der Waals surface area contributed by atoms with E-state index in [0.29, 0.717) is 22.1 Å². The standard InChI is InChI=1S/C18H13N3O2S2/c22-16-10-24-15-7-6-12(8-13(15)19-16)17(23)21-18-20-14(9-25-18)11-4-2-1-3-5-11/h1-9H,10H2,(H,19,22)(H,20,21,23). The first-order valence-corrected chi connectivity index (χ1v) is 9.44. The number of rotatable bonds is 3. The van der Waals surface area contributed by atoms with Gasteiger partial charge in [0.15, 0.2) is 5.13 Å². The highest BCUT2D eigenvalue weighted by Gasteiger charge is 2.18. The van der Waals surface area contributed by atoms with Crippen LogP contribution in [0.5, 0.6) is 0 Å². The van der Waals surface area contributed by atoms with Crippen LogP contribution in [-0.2, 0) is 4.79 Å². The highest BCUT2D eigenvalue weighted by Crippen LogP contribution is 2.32. The van der Waals surface area contributed by atoms with Crippen molar-refractivity contribution < 1.29 is 9.59 Å². The van der Waals surface area contributed by atoms with Crippen molar-refractivity contribution in [2.24, 2.45) is 0 Å². The Bertz CT molecular complexity index is 954. The molecule has 0 saturated heterocycles. The minimum Gasteiger partial charge on any atom is -0.324 e. The Labute approximate surface area is 152 Å². The first-order valence-electron chi connectivity index (χ1n) is 7.58. The molecule has 25 heavy (non-hydrogen) atoms. The molecule has 1 aliphatic heterocycles. The van der Waals surface area contributed by atoms with Crippen molar-refractivity contribution >= 4 is 45.7 Å². The van der Waals surface area contributed by atoms with E-state index in [1.165, 1.54) is 23.1 Å². The molecule has 4 rings (SSSR count). The van der Waals surface area contributed by atoms with Gasteiger partial charge < -0.3 is 5.32 Å². The third-order valence-corrected chi connectivity index (χ3v) is 5.50. The summed E-state index contributed by atoms with van der Waals surface area (Å²) in [5.41, 5.74) is 3.00. The first-order chi connectivity index (χ1) is 12.2. The lowest BCUT2D eigenvalue weighted by Crippen LogP contribution is -2.19. The van der Waals surface area contributed by atoms with Crippen LogP contribution >= 0.6 is 23.1 Å². The number of carbonyl (C=O) groups excluding carboxylic acids is 2. The van der Waals surface area contributed by atoms with Crippen LogP contribution < -0.4 is 10.6 Å². The molecule has 124 valence electrons. The molecule has 0 bridgehead atoms. The Morgan fingerprint density at radius 1 is 1.16 bits per heavy atom. The maximum Gasteiger partial charge on any atom is 0.257 e. The number of fused-ring (bicyclic) bond motifs is 1. The lowest BCUT2D eigenvalue weighted by atomic mass is 10.2. The van der Waals surface area contributed by atoms with E-state index in [0.717, 1.165) is 16.2 Å². The van der Waals surface area contributed by atoms with Gasteiger partial charge in [0.25, 0.3) is 5.91 Å². The monoisotopic (exact) mass is 367 g/mol. The van der Waals surface area contributed by atoms with Gasteiger partial charge in [-0.3, -0.25) is 14.9 Å². The molecule has 5 nitrogen and oxygen atoms in total. The first kappa shape index (κ1) is 15.9. The van der Waals surface area contributed by atoms with Crippen LogP contribution in [0.15, 0.2) is 58.8 Å². The van der Waals surface area contributed by atoms with E-state index in [-0.39, 0.29) is 11.8 Å². The molecule has 0 aliphatic carbocycles. The fourth-order valence-corrected chi connectivity index (χ4v) is 3.97. The molecule has 0 spiro atoms. The molecular weight excluding hydrogens is 354 g/mol. The summed E-state index contributed by atoms with van der Waals surface area (Å²) in [6.45, 7) is 0. The van der Waals surface area contributed by atoms with Crippen LogP contribution in [0, 0.1) is 0 Å². The largest absolute Gasteiger partial charge is 0.324 e. The fraction of sp³-hybridized carbons (Fsp3) is 0.0556. The molecule has 0 unspecified atom stereocenters. The van der Waals surface area contributed by atoms with Crippen molar-refractivity contribution in [3.63, 3.8) is 0 Å². The molecule has 2 heterocycles. The highest BCUT2D eigenvalue weighted by atomic mass is 32.2. The van der Waals surface area contributed by atoms with Crippen LogP contribution in [0.3, 0.4) is 0 Å². The summed E-state index contributed by atoms with van der Waals surface area (Å²) in [6.07, 6.45) is 0. The number of hydrogen-bond donors (Lipinski definition) is 2. The SMILES string of the molecule is O=C1CSc2ccc(C(=O)Nc3nc(-c4ccccc4)cs3)cc2N1. The number of benzene rings is 2. The molecule has 1 aliphatic rings. The molecule has 1 aromatic heterocycles. The van der Waals surface area contributed by atoms with Crippen molar-refractivity contribution in [2.75, 3.05) is 16.4 Å². The van der Waals surface area contributed by atoms with E-state index >= 15 is 0 Å². The molecule has 0 fully saturated rings. The lowest BCUT2D eigenvalue weighted by molar-refractivity contribution is -0.113. The van der Waals surface area contributed by atoms with Gasteiger partial charge in [-0.15, -0.1) is 23.1 Å². The van der Waals surface area contributed by atoms with Crippen LogP contribution in [0.25, 0.3) is 11.3 Å². The number of carbonyl (C=O) groups is 2. The van der Waals surface area contributed by atoms with Crippen molar-refractivity contribution in [2.45, 2.75) is 4.90 Å². The van der Waals surface area contributed by atoms with E-state index in [9.17, 15) is 9.59 Å². The van der Waals surface area contributed by atoms with Crippen LogP contribution in [0.1, 0.15) is 10.4 Å². The summed E-state index contributed by atoms with van der Waals surface area (Å²) in [5, 5.41) is 8.06. The zero-order chi connectivity index (χ0) is 17.2. The lowest BCUT2D eigenvalue weighted by Gasteiger charge is -2.16. The predicted molar refractivity (Wildman–Crippen MR) is 101 cm³/mol. The molecular formula is C18H13N3O2S2. The van der Waals surface area contributed by atoms with Gasteiger partial charge in [0.2, 0.25) is 5.91 Å². The molecule has 0 radical (unpaired) electrons. The van der Waals surface area contributed by atoms with Gasteiger partial charge in [-0.1, -0.05) is 30.3 Å². The van der Waals surface area contributed by atoms with Crippen LogP contribution in [0.2, 0.25) is 0 Å². The summed E-state index contributed by atoms with van der Waals surface area (Å²) in [5.74, 6) is 0.101. The maximum atomic E-state index is 12.5. The van der Waals surface area contributed by atoms with E-state index in [1.807, 2.05) is 41.8 Å².